The molecule has 0 aromatic heterocycles. The van der Waals surface area contributed by atoms with Crippen LogP contribution in [0.2, 0.25) is 0 Å². The Morgan fingerprint density at radius 3 is 2.84 bits per heavy atom. The standard InChI is InChI=1S/C15H18FNO2/c16-14-2-1-10(9-18)7-12(14)13-8-15(13)17-11-3-5-19-6-4-11/h1-2,7,9,11,13,15,17H,3-6,8H2. The summed E-state index contributed by atoms with van der Waals surface area (Å²) in [6.07, 6.45) is 3.78. The summed E-state index contributed by atoms with van der Waals surface area (Å²) in [6.45, 7) is 1.62. The van der Waals surface area contributed by atoms with E-state index in [0.29, 0.717) is 23.2 Å². The highest BCUT2D eigenvalue weighted by atomic mass is 19.1. The van der Waals surface area contributed by atoms with Crippen LogP contribution in [-0.2, 0) is 4.74 Å². The molecule has 1 aliphatic carbocycles. The molecule has 4 heteroatoms. The third-order valence-corrected chi connectivity index (χ3v) is 4.02. The van der Waals surface area contributed by atoms with Crippen LogP contribution in [0, 0.1) is 5.82 Å². The zero-order chi connectivity index (χ0) is 13.2. The molecule has 1 aromatic rings. The predicted molar refractivity (Wildman–Crippen MR) is 69.9 cm³/mol. The van der Waals surface area contributed by atoms with Crippen molar-refractivity contribution in [2.24, 2.45) is 0 Å². The second-order valence-corrected chi connectivity index (χ2v) is 5.40. The van der Waals surface area contributed by atoms with Gasteiger partial charge in [0.05, 0.1) is 0 Å². The first-order valence-electron chi connectivity index (χ1n) is 6.86. The van der Waals surface area contributed by atoms with E-state index in [0.717, 1.165) is 38.8 Å². The van der Waals surface area contributed by atoms with Gasteiger partial charge in [0.25, 0.3) is 0 Å². The van der Waals surface area contributed by atoms with Gasteiger partial charge in [-0.15, -0.1) is 0 Å². The monoisotopic (exact) mass is 263 g/mol. The highest BCUT2D eigenvalue weighted by molar-refractivity contribution is 5.75. The Hall–Kier alpha value is -1.26. The molecule has 2 atom stereocenters. The fraction of sp³-hybridized carbons (Fsp3) is 0.533. The van der Waals surface area contributed by atoms with Crippen LogP contribution in [0.25, 0.3) is 0 Å². The fourth-order valence-electron chi connectivity index (χ4n) is 2.81. The number of nitrogens with one attached hydrogen (secondary N) is 1. The summed E-state index contributed by atoms with van der Waals surface area (Å²) in [6, 6.07) is 5.43. The Kier molecular flexibility index (Phi) is 3.62. The van der Waals surface area contributed by atoms with Gasteiger partial charge in [-0.3, -0.25) is 4.79 Å². The molecular weight excluding hydrogens is 245 g/mol. The lowest BCUT2D eigenvalue weighted by Gasteiger charge is -2.23. The van der Waals surface area contributed by atoms with Crippen molar-refractivity contribution < 1.29 is 13.9 Å². The van der Waals surface area contributed by atoms with Gasteiger partial charge >= 0.3 is 0 Å². The molecule has 19 heavy (non-hydrogen) atoms. The molecule has 0 spiro atoms. The van der Waals surface area contributed by atoms with Crippen molar-refractivity contribution in [3.8, 4) is 0 Å². The van der Waals surface area contributed by atoms with Gasteiger partial charge in [0.1, 0.15) is 12.1 Å². The Balaban J connectivity index is 1.63. The van der Waals surface area contributed by atoms with Gasteiger partial charge in [-0.05, 0) is 43.0 Å². The van der Waals surface area contributed by atoms with E-state index in [4.69, 9.17) is 4.74 Å². The van der Waals surface area contributed by atoms with Gasteiger partial charge in [0, 0.05) is 36.8 Å². The summed E-state index contributed by atoms with van der Waals surface area (Å²) in [5, 5.41) is 3.57. The number of ether oxygens (including phenoxy) is 1. The smallest absolute Gasteiger partial charge is 0.150 e. The first-order chi connectivity index (χ1) is 9.28. The van der Waals surface area contributed by atoms with Crippen LogP contribution < -0.4 is 5.32 Å². The normalized spacial score (nSPS) is 27.2. The molecule has 0 amide bonds. The highest BCUT2D eigenvalue weighted by Crippen LogP contribution is 2.42. The second kappa shape index (κ2) is 5.39. The highest BCUT2D eigenvalue weighted by Gasteiger charge is 2.41. The molecule has 0 radical (unpaired) electrons. The number of hydrogen-bond acceptors (Lipinski definition) is 3. The molecule has 3 rings (SSSR count). The van der Waals surface area contributed by atoms with Crippen molar-refractivity contribution >= 4 is 6.29 Å². The third-order valence-electron chi connectivity index (χ3n) is 4.02. The van der Waals surface area contributed by atoms with Gasteiger partial charge in [-0.2, -0.15) is 0 Å². The molecule has 102 valence electrons. The third kappa shape index (κ3) is 2.85. The topological polar surface area (TPSA) is 38.3 Å². The van der Waals surface area contributed by atoms with Crippen LogP contribution >= 0.6 is 0 Å². The first-order valence-corrected chi connectivity index (χ1v) is 6.86. The molecule has 0 bridgehead atoms. The van der Waals surface area contributed by atoms with Crippen molar-refractivity contribution in [1.29, 1.82) is 0 Å². The SMILES string of the molecule is O=Cc1ccc(F)c(C2CC2NC2CCOCC2)c1. The van der Waals surface area contributed by atoms with E-state index in [1.165, 1.54) is 12.1 Å². The minimum absolute atomic E-state index is 0.202. The van der Waals surface area contributed by atoms with Crippen LogP contribution in [0.3, 0.4) is 0 Å². The lowest BCUT2D eigenvalue weighted by Crippen LogP contribution is -2.36. The average Bonchev–Trinajstić information content (AvgIpc) is 3.19. The van der Waals surface area contributed by atoms with Crippen molar-refractivity contribution in [2.45, 2.75) is 37.3 Å². The van der Waals surface area contributed by atoms with Crippen molar-refractivity contribution in [3.05, 3.63) is 35.1 Å². The quantitative estimate of drug-likeness (QED) is 0.847. The molecule has 3 nitrogen and oxygen atoms in total. The average molecular weight is 263 g/mol. The van der Waals surface area contributed by atoms with Gasteiger partial charge in [-0.1, -0.05) is 0 Å². The van der Waals surface area contributed by atoms with Gasteiger partial charge in [-0.25, -0.2) is 4.39 Å². The number of halogens is 1. The molecule has 1 aromatic carbocycles. The largest absolute Gasteiger partial charge is 0.381 e. The summed E-state index contributed by atoms with van der Waals surface area (Å²) < 4.78 is 19.1. The predicted octanol–water partition coefficient (Wildman–Crippen LogP) is 2.26. The molecule has 1 heterocycles. The molecule has 2 fully saturated rings. The lowest BCUT2D eigenvalue weighted by atomic mass is 10.1. The number of hydrogen-bond donors (Lipinski definition) is 1. The number of carbonyl (C=O) groups excluding carboxylic acids is 1. The summed E-state index contributed by atoms with van der Waals surface area (Å²) in [5.74, 6) is 0.00891. The van der Waals surface area contributed by atoms with E-state index < -0.39 is 0 Å². The second-order valence-electron chi connectivity index (χ2n) is 5.40. The first kappa shape index (κ1) is 12.8. The van der Waals surface area contributed by atoms with Crippen LogP contribution in [0.5, 0.6) is 0 Å². The molecular formula is C15H18FNO2. The van der Waals surface area contributed by atoms with E-state index >= 15 is 0 Å². The van der Waals surface area contributed by atoms with E-state index in [1.54, 1.807) is 6.07 Å². The lowest BCUT2D eigenvalue weighted by molar-refractivity contribution is 0.0774. The fourth-order valence-corrected chi connectivity index (χ4v) is 2.81. The van der Waals surface area contributed by atoms with Crippen LogP contribution in [0.15, 0.2) is 18.2 Å². The van der Waals surface area contributed by atoms with Gasteiger partial charge < -0.3 is 10.1 Å². The molecule has 1 saturated heterocycles. The van der Waals surface area contributed by atoms with Crippen molar-refractivity contribution in [3.63, 3.8) is 0 Å². The van der Waals surface area contributed by atoms with Crippen LogP contribution in [0.1, 0.15) is 41.1 Å². The molecule has 2 aliphatic rings. The number of carbonyl (C=O) groups is 1. The van der Waals surface area contributed by atoms with E-state index in [1.807, 2.05) is 0 Å². The van der Waals surface area contributed by atoms with Crippen molar-refractivity contribution in [2.75, 3.05) is 13.2 Å². The zero-order valence-electron chi connectivity index (χ0n) is 10.8. The molecule has 1 aliphatic heterocycles. The summed E-state index contributed by atoms with van der Waals surface area (Å²) in [7, 11) is 0. The Labute approximate surface area is 112 Å². The molecule has 2 unspecified atom stereocenters. The Morgan fingerprint density at radius 2 is 2.11 bits per heavy atom. The maximum Gasteiger partial charge on any atom is 0.150 e. The zero-order valence-corrected chi connectivity index (χ0v) is 10.8. The van der Waals surface area contributed by atoms with Crippen molar-refractivity contribution in [1.82, 2.24) is 5.32 Å². The van der Waals surface area contributed by atoms with Crippen LogP contribution in [-0.4, -0.2) is 31.6 Å². The maximum atomic E-state index is 13.8. The minimum atomic E-state index is -0.202. The van der Waals surface area contributed by atoms with E-state index in [2.05, 4.69) is 5.32 Å². The molecule has 1 saturated carbocycles. The van der Waals surface area contributed by atoms with Gasteiger partial charge in [0.2, 0.25) is 0 Å². The van der Waals surface area contributed by atoms with E-state index in [9.17, 15) is 9.18 Å². The molecule has 1 N–H and O–H groups in total. The van der Waals surface area contributed by atoms with E-state index in [-0.39, 0.29) is 11.7 Å². The number of benzene rings is 1. The number of aldehydes is 1. The minimum Gasteiger partial charge on any atom is -0.381 e. The maximum absolute atomic E-state index is 13.8. The number of rotatable bonds is 4. The summed E-state index contributed by atoms with van der Waals surface area (Å²) in [5.41, 5.74) is 1.22. The summed E-state index contributed by atoms with van der Waals surface area (Å²) >= 11 is 0. The Morgan fingerprint density at radius 1 is 1.32 bits per heavy atom. The summed E-state index contributed by atoms with van der Waals surface area (Å²) in [4.78, 5) is 10.8. The Bertz CT molecular complexity index is 471. The van der Waals surface area contributed by atoms with Crippen LogP contribution in [0.4, 0.5) is 4.39 Å². The van der Waals surface area contributed by atoms with Gasteiger partial charge in [0.15, 0.2) is 0 Å².